The smallest absolute Gasteiger partial charge is 0.161 e. The van der Waals surface area contributed by atoms with Crippen LogP contribution in [0.2, 0.25) is 0 Å². The Morgan fingerprint density at radius 1 is 1.39 bits per heavy atom. The number of anilines is 1. The van der Waals surface area contributed by atoms with Crippen LogP contribution in [-0.4, -0.2) is 23.6 Å². The molecule has 1 heterocycles. The number of nitrogens with one attached hydrogen (secondary N) is 1. The van der Waals surface area contributed by atoms with Gasteiger partial charge >= 0.3 is 0 Å². The van der Waals surface area contributed by atoms with Gasteiger partial charge in [0, 0.05) is 5.25 Å². The van der Waals surface area contributed by atoms with E-state index in [1.807, 2.05) is 43.0 Å². The largest absolute Gasteiger partial charge is 0.492 e. The molecule has 0 aliphatic carbocycles. The minimum Gasteiger partial charge on any atom is -0.492 e. The maximum Gasteiger partial charge on any atom is 0.161 e. The predicted octanol–water partition coefficient (Wildman–Crippen LogP) is 3.77. The molecule has 1 N–H and O–H groups in total. The quantitative estimate of drug-likeness (QED) is 0.879. The monoisotopic (exact) mass is 264 g/mol. The third kappa shape index (κ3) is 3.42. The lowest BCUT2D eigenvalue weighted by Crippen LogP contribution is -2.08. The number of hydrogen-bond donors (Lipinski definition) is 1. The van der Waals surface area contributed by atoms with Gasteiger partial charge in [-0.05, 0) is 25.5 Å². The van der Waals surface area contributed by atoms with Crippen molar-refractivity contribution in [1.29, 1.82) is 0 Å². The van der Waals surface area contributed by atoms with Gasteiger partial charge in [-0.3, -0.25) is 4.99 Å². The highest BCUT2D eigenvalue weighted by Crippen LogP contribution is 2.29. The maximum atomic E-state index is 5.59. The molecule has 0 radical (unpaired) electrons. The van der Waals surface area contributed by atoms with Crippen molar-refractivity contribution in [1.82, 2.24) is 0 Å². The normalized spacial score (nSPS) is 18.6. The van der Waals surface area contributed by atoms with Crippen LogP contribution in [0.3, 0.4) is 0 Å². The summed E-state index contributed by atoms with van der Waals surface area (Å²) in [5.74, 6) is 0.891. The molecule has 1 atom stereocenters. The third-order valence-electron chi connectivity index (χ3n) is 2.76. The molecule has 3 nitrogen and oxygen atoms in total. The van der Waals surface area contributed by atoms with Crippen molar-refractivity contribution in [2.24, 2.45) is 4.99 Å². The van der Waals surface area contributed by atoms with Gasteiger partial charge in [0.05, 0.1) is 18.8 Å². The number of para-hydroxylation sites is 2. The summed E-state index contributed by atoms with van der Waals surface area (Å²) in [6, 6.07) is 8.00. The molecule has 0 amide bonds. The Balaban J connectivity index is 1.98. The first kappa shape index (κ1) is 13.3. The average molecular weight is 264 g/mol. The van der Waals surface area contributed by atoms with Crippen LogP contribution in [0.15, 0.2) is 29.3 Å². The van der Waals surface area contributed by atoms with Crippen LogP contribution in [0.4, 0.5) is 5.69 Å². The number of thioether (sulfide) groups is 1. The fourth-order valence-corrected chi connectivity index (χ4v) is 3.06. The molecule has 2 rings (SSSR count). The first-order valence-electron chi connectivity index (χ1n) is 6.53. The Bertz CT molecular complexity index is 420. The van der Waals surface area contributed by atoms with E-state index in [2.05, 4.69) is 17.2 Å². The number of benzene rings is 1. The van der Waals surface area contributed by atoms with Gasteiger partial charge in [0.2, 0.25) is 0 Å². The molecule has 1 unspecified atom stereocenters. The number of aliphatic imine (C=N–C) groups is 1. The van der Waals surface area contributed by atoms with Gasteiger partial charge in [0.25, 0.3) is 0 Å². The molecule has 4 heteroatoms. The number of nitrogens with zero attached hydrogens (tertiary/aromatic N) is 1. The van der Waals surface area contributed by atoms with Crippen molar-refractivity contribution in [2.45, 2.75) is 31.9 Å². The highest BCUT2D eigenvalue weighted by Gasteiger charge is 2.19. The lowest BCUT2D eigenvalue weighted by Gasteiger charge is -2.12. The summed E-state index contributed by atoms with van der Waals surface area (Å²) in [7, 11) is 0. The second-order valence-electron chi connectivity index (χ2n) is 4.23. The van der Waals surface area contributed by atoms with Gasteiger partial charge in [-0.1, -0.05) is 37.2 Å². The summed E-state index contributed by atoms with van der Waals surface area (Å²) in [6.45, 7) is 5.82. The molecule has 0 aromatic heterocycles. The Morgan fingerprint density at radius 3 is 3.00 bits per heavy atom. The summed E-state index contributed by atoms with van der Waals surface area (Å²) in [5.41, 5.74) is 1.00. The summed E-state index contributed by atoms with van der Waals surface area (Å²) in [6.07, 6.45) is 2.45. The van der Waals surface area contributed by atoms with E-state index in [4.69, 9.17) is 4.74 Å². The Hall–Kier alpha value is -1.16. The number of hydrogen-bond acceptors (Lipinski definition) is 4. The summed E-state index contributed by atoms with van der Waals surface area (Å²) in [4.78, 5) is 4.55. The molecule has 1 aliphatic heterocycles. The molecule has 0 saturated carbocycles. The summed E-state index contributed by atoms with van der Waals surface area (Å²) in [5, 5.41) is 5.02. The van der Waals surface area contributed by atoms with E-state index >= 15 is 0 Å². The minimum absolute atomic E-state index is 0.636. The SMILES string of the molecule is CCCC1CN=C(Nc2ccccc2OCC)S1. The number of rotatable bonds is 5. The van der Waals surface area contributed by atoms with Crippen LogP contribution >= 0.6 is 11.8 Å². The van der Waals surface area contributed by atoms with Crippen molar-refractivity contribution in [3.8, 4) is 5.75 Å². The molecule has 18 heavy (non-hydrogen) atoms. The average Bonchev–Trinajstić information content (AvgIpc) is 2.80. The van der Waals surface area contributed by atoms with Crippen LogP contribution < -0.4 is 10.1 Å². The van der Waals surface area contributed by atoms with Crippen molar-refractivity contribution in [3.05, 3.63) is 24.3 Å². The van der Waals surface area contributed by atoms with Gasteiger partial charge in [0.15, 0.2) is 5.17 Å². The Kier molecular flexibility index (Phi) is 4.93. The fraction of sp³-hybridized carbons (Fsp3) is 0.500. The second-order valence-corrected chi connectivity index (χ2v) is 5.52. The van der Waals surface area contributed by atoms with Crippen molar-refractivity contribution >= 4 is 22.6 Å². The molecule has 1 aliphatic rings. The number of ether oxygens (including phenoxy) is 1. The topological polar surface area (TPSA) is 33.6 Å². The van der Waals surface area contributed by atoms with Crippen LogP contribution in [0.5, 0.6) is 5.75 Å². The van der Waals surface area contributed by atoms with Crippen LogP contribution in [0.1, 0.15) is 26.7 Å². The maximum absolute atomic E-state index is 5.59. The second kappa shape index (κ2) is 6.69. The third-order valence-corrected chi connectivity index (χ3v) is 3.93. The van der Waals surface area contributed by atoms with Crippen LogP contribution in [0.25, 0.3) is 0 Å². The molecule has 0 saturated heterocycles. The number of amidine groups is 1. The molecule has 1 aromatic carbocycles. The zero-order valence-corrected chi connectivity index (χ0v) is 11.8. The first-order valence-corrected chi connectivity index (χ1v) is 7.41. The van der Waals surface area contributed by atoms with E-state index in [1.54, 1.807) is 0 Å². The molecule has 0 bridgehead atoms. The van der Waals surface area contributed by atoms with E-state index in [0.717, 1.165) is 23.1 Å². The van der Waals surface area contributed by atoms with Crippen molar-refractivity contribution in [3.63, 3.8) is 0 Å². The van der Waals surface area contributed by atoms with Gasteiger partial charge in [0.1, 0.15) is 5.75 Å². The van der Waals surface area contributed by atoms with E-state index in [0.29, 0.717) is 11.9 Å². The lowest BCUT2D eigenvalue weighted by atomic mass is 10.2. The predicted molar refractivity (Wildman–Crippen MR) is 79.8 cm³/mol. The molecular formula is C14H20N2OS. The van der Waals surface area contributed by atoms with Gasteiger partial charge in [-0.15, -0.1) is 0 Å². The Morgan fingerprint density at radius 2 is 2.22 bits per heavy atom. The lowest BCUT2D eigenvalue weighted by molar-refractivity contribution is 0.342. The highest BCUT2D eigenvalue weighted by molar-refractivity contribution is 8.15. The van der Waals surface area contributed by atoms with Gasteiger partial charge < -0.3 is 10.1 Å². The zero-order chi connectivity index (χ0) is 12.8. The van der Waals surface area contributed by atoms with E-state index in [-0.39, 0.29) is 0 Å². The van der Waals surface area contributed by atoms with Crippen molar-refractivity contribution in [2.75, 3.05) is 18.5 Å². The summed E-state index contributed by atoms with van der Waals surface area (Å²) < 4.78 is 5.59. The van der Waals surface area contributed by atoms with Gasteiger partial charge in [-0.2, -0.15) is 0 Å². The molecule has 0 fully saturated rings. The fourth-order valence-electron chi connectivity index (χ4n) is 1.92. The van der Waals surface area contributed by atoms with E-state index < -0.39 is 0 Å². The van der Waals surface area contributed by atoms with E-state index in [1.165, 1.54) is 12.8 Å². The molecule has 1 aromatic rings. The minimum atomic E-state index is 0.636. The molecule has 0 spiro atoms. The molecule has 98 valence electrons. The summed E-state index contributed by atoms with van der Waals surface area (Å²) >= 11 is 1.84. The van der Waals surface area contributed by atoms with Crippen molar-refractivity contribution < 1.29 is 4.74 Å². The van der Waals surface area contributed by atoms with Crippen LogP contribution in [-0.2, 0) is 0 Å². The first-order chi connectivity index (χ1) is 8.83. The molecular weight excluding hydrogens is 244 g/mol. The highest BCUT2D eigenvalue weighted by atomic mass is 32.2. The zero-order valence-electron chi connectivity index (χ0n) is 11.0. The van der Waals surface area contributed by atoms with Gasteiger partial charge in [-0.25, -0.2) is 0 Å². The van der Waals surface area contributed by atoms with E-state index in [9.17, 15) is 0 Å². The standard InChI is InChI=1S/C14H20N2OS/c1-3-7-11-10-15-14(18-11)16-12-8-5-6-9-13(12)17-4-2/h5-6,8-9,11H,3-4,7,10H2,1-2H3,(H,15,16). The Labute approximate surface area is 113 Å². The van der Waals surface area contributed by atoms with Crippen LogP contribution in [0, 0.1) is 0 Å².